The van der Waals surface area contributed by atoms with Gasteiger partial charge in [0.05, 0.1) is 11.7 Å². The summed E-state index contributed by atoms with van der Waals surface area (Å²) in [7, 11) is 0. The highest BCUT2D eigenvalue weighted by atomic mass is 16.4. The Kier molecular flexibility index (Phi) is 2.74. The summed E-state index contributed by atoms with van der Waals surface area (Å²) >= 11 is 0. The molecule has 0 spiro atoms. The molecule has 1 amide bonds. The number of H-pyrrole nitrogens is 1. The number of rotatable bonds is 4. The van der Waals surface area contributed by atoms with Crippen LogP contribution in [0.1, 0.15) is 30.1 Å². The summed E-state index contributed by atoms with van der Waals surface area (Å²) in [5, 5.41) is 19.6. The highest BCUT2D eigenvalue weighted by Crippen LogP contribution is 2.39. The van der Waals surface area contributed by atoms with Gasteiger partial charge in [-0.25, -0.2) is 4.79 Å². The molecule has 6 nitrogen and oxygen atoms in total. The molecule has 0 aliphatic heterocycles. The molecule has 20 heavy (non-hydrogen) atoms. The van der Waals surface area contributed by atoms with E-state index in [2.05, 4.69) is 15.5 Å². The van der Waals surface area contributed by atoms with E-state index in [4.69, 9.17) is 0 Å². The smallest absolute Gasteiger partial charge is 0.329 e. The number of nitrogens with zero attached hydrogens (tertiary/aromatic N) is 1. The summed E-state index contributed by atoms with van der Waals surface area (Å²) in [5.41, 5.74) is -0.0176. The topological polar surface area (TPSA) is 95.1 Å². The summed E-state index contributed by atoms with van der Waals surface area (Å²) in [6, 6.07) is 5.12. The average molecular weight is 273 g/mol. The number of carbonyl (C=O) groups is 2. The average Bonchev–Trinajstić information content (AvgIpc) is 3.16. The number of carbonyl (C=O) groups excluding carboxylic acids is 1. The minimum Gasteiger partial charge on any atom is -0.480 e. The summed E-state index contributed by atoms with van der Waals surface area (Å²) in [5.74, 6) is -1.35. The minimum atomic E-state index is -1.19. The fourth-order valence-electron chi connectivity index (χ4n) is 2.38. The molecule has 1 unspecified atom stereocenters. The number of aromatic nitrogens is 2. The predicted octanol–water partition coefficient (Wildman–Crippen LogP) is 1.55. The molecule has 1 aliphatic rings. The lowest BCUT2D eigenvalue weighted by Crippen LogP contribution is -2.54. The van der Waals surface area contributed by atoms with Crippen LogP contribution in [0, 0.1) is 5.92 Å². The van der Waals surface area contributed by atoms with Gasteiger partial charge in [0, 0.05) is 10.9 Å². The Morgan fingerprint density at radius 2 is 2.20 bits per heavy atom. The van der Waals surface area contributed by atoms with Crippen LogP contribution in [-0.2, 0) is 4.79 Å². The van der Waals surface area contributed by atoms with Crippen LogP contribution in [0.15, 0.2) is 24.4 Å². The van der Waals surface area contributed by atoms with Gasteiger partial charge in [-0.2, -0.15) is 5.10 Å². The Bertz CT molecular complexity index is 690. The van der Waals surface area contributed by atoms with Crippen molar-refractivity contribution in [3.05, 3.63) is 30.0 Å². The predicted molar refractivity (Wildman–Crippen MR) is 72.3 cm³/mol. The van der Waals surface area contributed by atoms with Crippen molar-refractivity contribution in [1.29, 1.82) is 0 Å². The molecule has 0 bridgehead atoms. The first-order valence-electron chi connectivity index (χ1n) is 6.50. The van der Waals surface area contributed by atoms with Gasteiger partial charge >= 0.3 is 5.97 Å². The van der Waals surface area contributed by atoms with E-state index in [9.17, 15) is 14.7 Å². The molecule has 2 aromatic rings. The number of carboxylic acids is 1. The number of amides is 1. The van der Waals surface area contributed by atoms with Gasteiger partial charge in [0.25, 0.3) is 5.91 Å². The molecule has 1 heterocycles. The summed E-state index contributed by atoms with van der Waals surface area (Å²) in [6.07, 6.45) is 3.34. The van der Waals surface area contributed by atoms with Gasteiger partial charge in [-0.1, -0.05) is 6.07 Å². The van der Waals surface area contributed by atoms with Crippen LogP contribution in [0.4, 0.5) is 0 Å². The highest BCUT2D eigenvalue weighted by molar-refractivity contribution is 6.00. The lowest BCUT2D eigenvalue weighted by molar-refractivity contribution is -0.144. The monoisotopic (exact) mass is 273 g/mol. The van der Waals surface area contributed by atoms with Gasteiger partial charge in [0.2, 0.25) is 0 Å². The molecule has 3 rings (SSSR count). The summed E-state index contributed by atoms with van der Waals surface area (Å²) in [6.45, 7) is 1.57. The number of hydrogen-bond acceptors (Lipinski definition) is 3. The van der Waals surface area contributed by atoms with Crippen molar-refractivity contribution in [3.8, 4) is 0 Å². The third-order valence-electron chi connectivity index (χ3n) is 3.92. The van der Waals surface area contributed by atoms with E-state index in [1.54, 1.807) is 31.3 Å². The Morgan fingerprint density at radius 1 is 1.45 bits per heavy atom. The second kappa shape index (κ2) is 4.33. The van der Waals surface area contributed by atoms with Gasteiger partial charge < -0.3 is 10.4 Å². The molecule has 1 fully saturated rings. The standard InChI is InChI=1S/C14H15N3O3/c1-14(13(19)20,10-4-5-10)16-12(18)8-2-3-9-7-15-17-11(9)6-8/h2-3,6-7,10H,4-5H2,1H3,(H,15,17)(H,16,18)(H,19,20). The van der Waals surface area contributed by atoms with Gasteiger partial charge in [-0.3, -0.25) is 9.89 Å². The van der Waals surface area contributed by atoms with Gasteiger partial charge in [-0.05, 0) is 37.8 Å². The largest absolute Gasteiger partial charge is 0.480 e. The van der Waals surface area contributed by atoms with E-state index in [1.165, 1.54) is 0 Å². The Labute approximate surface area is 115 Å². The van der Waals surface area contributed by atoms with Crippen LogP contribution in [0.25, 0.3) is 10.9 Å². The van der Waals surface area contributed by atoms with Crippen molar-refractivity contribution in [3.63, 3.8) is 0 Å². The first-order valence-corrected chi connectivity index (χ1v) is 6.50. The maximum atomic E-state index is 12.3. The quantitative estimate of drug-likeness (QED) is 0.787. The maximum absolute atomic E-state index is 12.3. The Balaban J connectivity index is 1.86. The Morgan fingerprint density at radius 3 is 2.85 bits per heavy atom. The van der Waals surface area contributed by atoms with Gasteiger partial charge in [-0.15, -0.1) is 0 Å². The van der Waals surface area contributed by atoms with Crippen LogP contribution < -0.4 is 5.32 Å². The zero-order chi connectivity index (χ0) is 14.3. The number of benzene rings is 1. The normalized spacial score (nSPS) is 17.6. The molecular formula is C14H15N3O3. The summed E-state index contributed by atoms with van der Waals surface area (Å²) < 4.78 is 0. The van der Waals surface area contributed by atoms with E-state index < -0.39 is 11.5 Å². The zero-order valence-electron chi connectivity index (χ0n) is 11.0. The molecule has 1 aromatic carbocycles. The maximum Gasteiger partial charge on any atom is 0.329 e. The van der Waals surface area contributed by atoms with Crippen LogP contribution in [0.2, 0.25) is 0 Å². The van der Waals surface area contributed by atoms with E-state index in [0.29, 0.717) is 5.56 Å². The molecule has 1 saturated carbocycles. The molecule has 0 saturated heterocycles. The van der Waals surface area contributed by atoms with E-state index in [-0.39, 0.29) is 11.8 Å². The first-order chi connectivity index (χ1) is 9.50. The van der Waals surface area contributed by atoms with Crippen LogP contribution in [-0.4, -0.2) is 32.7 Å². The number of carboxylic acid groups (broad SMARTS) is 1. The van der Waals surface area contributed by atoms with E-state index in [0.717, 1.165) is 23.7 Å². The van der Waals surface area contributed by atoms with E-state index >= 15 is 0 Å². The minimum absolute atomic E-state index is 0.0137. The number of hydrogen-bond donors (Lipinski definition) is 3. The molecule has 104 valence electrons. The third kappa shape index (κ3) is 2.03. The molecule has 1 aromatic heterocycles. The molecule has 6 heteroatoms. The number of fused-ring (bicyclic) bond motifs is 1. The van der Waals surface area contributed by atoms with Crippen LogP contribution >= 0.6 is 0 Å². The van der Waals surface area contributed by atoms with Crippen LogP contribution in [0.5, 0.6) is 0 Å². The van der Waals surface area contributed by atoms with Crippen molar-refractivity contribution in [2.24, 2.45) is 5.92 Å². The van der Waals surface area contributed by atoms with Gasteiger partial charge in [0.15, 0.2) is 0 Å². The summed E-state index contributed by atoms with van der Waals surface area (Å²) in [4.78, 5) is 23.7. The molecule has 1 aliphatic carbocycles. The first kappa shape index (κ1) is 12.7. The fourth-order valence-corrected chi connectivity index (χ4v) is 2.38. The SMILES string of the molecule is CC(NC(=O)c1ccc2cn[nH]c2c1)(C(=O)O)C1CC1. The molecular weight excluding hydrogens is 258 g/mol. The zero-order valence-corrected chi connectivity index (χ0v) is 11.0. The van der Waals surface area contributed by atoms with E-state index in [1.807, 2.05) is 0 Å². The Hall–Kier alpha value is -2.37. The third-order valence-corrected chi connectivity index (χ3v) is 3.92. The van der Waals surface area contributed by atoms with Crippen molar-refractivity contribution < 1.29 is 14.7 Å². The fraction of sp³-hybridized carbons (Fsp3) is 0.357. The van der Waals surface area contributed by atoms with Gasteiger partial charge in [0.1, 0.15) is 5.54 Å². The molecule has 1 atom stereocenters. The number of nitrogens with one attached hydrogen (secondary N) is 2. The second-order valence-corrected chi connectivity index (χ2v) is 5.41. The van der Waals surface area contributed by atoms with Crippen LogP contribution in [0.3, 0.4) is 0 Å². The molecule has 3 N–H and O–H groups in total. The van der Waals surface area contributed by atoms with Crippen molar-refractivity contribution in [1.82, 2.24) is 15.5 Å². The number of aromatic amines is 1. The number of aliphatic carboxylic acids is 1. The van der Waals surface area contributed by atoms with Crippen molar-refractivity contribution in [2.45, 2.75) is 25.3 Å². The second-order valence-electron chi connectivity index (χ2n) is 5.41. The lowest BCUT2D eigenvalue weighted by Gasteiger charge is -2.26. The van der Waals surface area contributed by atoms with Crippen molar-refractivity contribution >= 4 is 22.8 Å². The van der Waals surface area contributed by atoms with Crippen molar-refractivity contribution in [2.75, 3.05) is 0 Å². The highest BCUT2D eigenvalue weighted by Gasteiger charge is 2.48. The lowest BCUT2D eigenvalue weighted by atomic mass is 9.95. The molecule has 0 radical (unpaired) electrons.